The Morgan fingerprint density at radius 3 is 3.14 bits per heavy atom. The zero-order valence-electron chi connectivity index (χ0n) is 7.77. The molecule has 2 rings (SSSR count). The molecule has 0 radical (unpaired) electrons. The van der Waals surface area contributed by atoms with Crippen molar-refractivity contribution in [2.75, 3.05) is 0 Å². The van der Waals surface area contributed by atoms with Crippen LogP contribution in [0.25, 0.3) is 11.3 Å². The average molecular weight is 203 g/mol. The van der Waals surface area contributed by atoms with Gasteiger partial charge in [-0.25, -0.2) is 0 Å². The summed E-state index contributed by atoms with van der Waals surface area (Å²) in [5.74, 6) is 0. The molecule has 0 saturated carbocycles. The van der Waals surface area contributed by atoms with E-state index in [4.69, 9.17) is 5.26 Å². The molecule has 0 aliphatic carbocycles. The van der Waals surface area contributed by atoms with E-state index < -0.39 is 0 Å². The molecule has 4 heteroatoms. The second kappa shape index (κ2) is 3.64. The zero-order chi connectivity index (χ0) is 9.97. The fraction of sp³-hybridized carbons (Fsp3) is 0.200. The van der Waals surface area contributed by atoms with Crippen molar-refractivity contribution in [3.8, 4) is 17.3 Å². The highest BCUT2D eigenvalue weighted by Crippen LogP contribution is 2.24. The van der Waals surface area contributed by atoms with Gasteiger partial charge in [0, 0.05) is 29.8 Å². The number of nitrogens with zero attached hydrogens (tertiary/aromatic N) is 3. The molecule has 2 aromatic rings. The maximum Gasteiger partial charge on any atom is 0.0973 e. The van der Waals surface area contributed by atoms with Gasteiger partial charge >= 0.3 is 0 Å². The third-order valence-corrected chi connectivity index (χ3v) is 2.65. The van der Waals surface area contributed by atoms with Crippen molar-refractivity contribution in [2.24, 2.45) is 7.05 Å². The third kappa shape index (κ3) is 1.54. The molecule has 0 bridgehead atoms. The quantitative estimate of drug-likeness (QED) is 0.751. The van der Waals surface area contributed by atoms with Crippen molar-refractivity contribution < 1.29 is 0 Å². The van der Waals surface area contributed by atoms with E-state index in [1.165, 1.54) is 0 Å². The maximum atomic E-state index is 8.67. The minimum absolute atomic E-state index is 0.416. The first-order valence-electron chi connectivity index (χ1n) is 4.23. The first-order chi connectivity index (χ1) is 6.81. The fourth-order valence-corrected chi connectivity index (χ4v) is 2.03. The Balaban J connectivity index is 2.48. The number of rotatable bonds is 2. The van der Waals surface area contributed by atoms with E-state index >= 15 is 0 Å². The lowest BCUT2D eigenvalue weighted by Gasteiger charge is -1.92. The molecule has 0 saturated heterocycles. The lowest BCUT2D eigenvalue weighted by molar-refractivity contribution is 0.770. The van der Waals surface area contributed by atoms with Gasteiger partial charge in [0.15, 0.2) is 0 Å². The Bertz CT molecular complexity index is 462. The summed E-state index contributed by atoms with van der Waals surface area (Å²) in [6.07, 6.45) is 2.31. The summed E-state index contributed by atoms with van der Waals surface area (Å²) in [4.78, 5) is 0. The van der Waals surface area contributed by atoms with Crippen LogP contribution in [-0.2, 0) is 13.5 Å². The van der Waals surface area contributed by atoms with E-state index in [0.29, 0.717) is 6.42 Å². The molecular formula is C10H9N3S. The van der Waals surface area contributed by atoms with E-state index in [1.807, 2.05) is 30.1 Å². The monoisotopic (exact) mass is 203 g/mol. The van der Waals surface area contributed by atoms with Crippen LogP contribution in [0, 0.1) is 11.3 Å². The summed E-state index contributed by atoms with van der Waals surface area (Å²) in [5.41, 5.74) is 3.02. The van der Waals surface area contributed by atoms with Crippen LogP contribution in [0.15, 0.2) is 23.0 Å². The highest BCUT2D eigenvalue weighted by molar-refractivity contribution is 7.08. The molecule has 2 heterocycles. The minimum atomic E-state index is 0.416. The van der Waals surface area contributed by atoms with Crippen LogP contribution in [0.2, 0.25) is 0 Å². The number of aryl methyl sites for hydroxylation is 1. The first-order valence-corrected chi connectivity index (χ1v) is 5.17. The summed E-state index contributed by atoms with van der Waals surface area (Å²) in [6, 6.07) is 4.17. The molecule has 14 heavy (non-hydrogen) atoms. The number of hydrogen-bond donors (Lipinski definition) is 0. The van der Waals surface area contributed by atoms with E-state index in [2.05, 4.69) is 11.2 Å². The van der Waals surface area contributed by atoms with Gasteiger partial charge in [0.05, 0.1) is 18.2 Å². The van der Waals surface area contributed by atoms with Crippen LogP contribution in [0.3, 0.4) is 0 Å². The second-order valence-electron chi connectivity index (χ2n) is 3.02. The summed E-state index contributed by atoms with van der Waals surface area (Å²) in [5, 5.41) is 17.1. The molecule has 3 nitrogen and oxygen atoms in total. The molecule has 0 aliphatic heterocycles. The van der Waals surface area contributed by atoms with Gasteiger partial charge in [-0.3, -0.25) is 4.68 Å². The topological polar surface area (TPSA) is 41.6 Å². The van der Waals surface area contributed by atoms with E-state index in [1.54, 1.807) is 16.0 Å². The molecule has 70 valence electrons. The fourth-order valence-electron chi connectivity index (χ4n) is 1.39. The molecule has 0 aliphatic rings. The van der Waals surface area contributed by atoms with Crippen LogP contribution in [0.5, 0.6) is 0 Å². The van der Waals surface area contributed by atoms with Gasteiger partial charge in [-0.1, -0.05) is 0 Å². The SMILES string of the molecule is Cn1cc(CC#N)c(-c2ccsc2)n1. The number of thiophene rings is 1. The molecule has 0 N–H and O–H groups in total. The van der Waals surface area contributed by atoms with Gasteiger partial charge in [0.25, 0.3) is 0 Å². The minimum Gasteiger partial charge on any atom is -0.275 e. The number of hydrogen-bond acceptors (Lipinski definition) is 3. The van der Waals surface area contributed by atoms with Crippen molar-refractivity contribution in [2.45, 2.75) is 6.42 Å². The predicted octanol–water partition coefficient (Wildman–Crippen LogP) is 2.21. The molecule has 0 amide bonds. The number of aromatic nitrogens is 2. The first kappa shape index (κ1) is 8.97. The highest BCUT2D eigenvalue weighted by atomic mass is 32.1. The van der Waals surface area contributed by atoms with Crippen molar-refractivity contribution in [1.82, 2.24) is 9.78 Å². The van der Waals surface area contributed by atoms with E-state index in [0.717, 1.165) is 16.8 Å². The van der Waals surface area contributed by atoms with Gasteiger partial charge in [-0.05, 0) is 11.4 Å². The predicted molar refractivity (Wildman–Crippen MR) is 55.8 cm³/mol. The van der Waals surface area contributed by atoms with Gasteiger partial charge in [-0.15, -0.1) is 0 Å². The Kier molecular flexibility index (Phi) is 2.33. The summed E-state index contributed by atoms with van der Waals surface area (Å²) in [6.45, 7) is 0. The van der Waals surface area contributed by atoms with Gasteiger partial charge in [-0.2, -0.15) is 21.7 Å². The summed E-state index contributed by atoms with van der Waals surface area (Å²) >= 11 is 1.64. The van der Waals surface area contributed by atoms with Crippen LogP contribution >= 0.6 is 11.3 Å². The van der Waals surface area contributed by atoms with Crippen LogP contribution in [-0.4, -0.2) is 9.78 Å². The summed E-state index contributed by atoms with van der Waals surface area (Å²) < 4.78 is 1.75. The standard InChI is InChI=1S/C10H9N3S/c1-13-6-8(2-4-11)10(12-13)9-3-5-14-7-9/h3,5-7H,2H2,1H3. The van der Waals surface area contributed by atoms with Gasteiger partial charge in [0.2, 0.25) is 0 Å². The molecular weight excluding hydrogens is 194 g/mol. The average Bonchev–Trinajstić information content (AvgIpc) is 2.74. The van der Waals surface area contributed by atoms with Crippen molar-refractivity contribution >= 4 is 11.3 Å². The Morgan fingerprint density at radius 1 is 1.64 bits per heavy atom. The van der Waals surface area contributed by atoms with E-state index in [9.17, 15) is 0 Å². The third-order valence-electron chi connectivity index (χ3n) is 1.97. The van der Waals surface area contributed by atoms with Crippen molar-refractivity contribution in [1.29, 1.82) is 5.26 Å². The van der Waals surface area contributed by atoms with Crippen LogP contribution < -0.4 is 0 Å². The smallest absolute Gasteiger partial charge is 0.0973 e. The summed E-state index contributed by atoms with van der Waals surface area (Å²) in [7, 11) is 1.87. The largest absolute Gasteiger partial charge is 0.275 e. The molecule has 0 fully saturated rings. The zero-order valence-corrected chi connectivity index (χ0v) is 8.58. The van der Waals surface area contributed by atoms with Crippen LogP contribution in [0.4, 0.5) is 0 Å². The molecule has 0 unspecified atom stereocenters. The van der Waals surface area contributed by atoms with Gasteiger partial charge in [0.1, 0.15) is 0 Å². The Labute approximate surface area is 86.2 Å². The second-order valence-corrected chi connectivity index (χ2v) is 3.80. The Hall–Kier alpha value is -1.60. The molecule has 0 spiro atoms. The maximum absolute atomic E-state index is 8.67. The van der Waals surface area contributed by atoms with Crippen LogP contribution in [0.1, 0.15) is 5.56 Å². The molecule has 0 atom stereocenters. The van der Waals surface area contributed by atoms with Crippen molar-refractivity contribution in [3.63, 3.8) is 0 Å². The number of nitriles is 1. The lowest BCUT2D eigenvalue weighted by atomic mass is 10.1. The van der Waals surface area contributed by atoms with Gasteiger partial charge < -0.3 is 0 Å². The lowest BCUT2D eigenvalue weighted by Crippen LogP contribution is -1.86. The molecule has 0 aromatic carbocycles. The molecule has 2 aromatic heterocycles. The normalized spacial score (nSPS) is 10.0. The highest BCUT2D eigenvalue weighted by Gasteiger charge is 2.09. The van der Waals surface area contributed by atoms with E-state index in [-0.39, 0.29) is 0 Å². The Morgan fingerprint density at radius 2 is 2.50 bits per heavy atom. The van der Waals surface area contributed by atoms with Crippen molar-refractivity contribution in [3.05, 3.63) is 28.6 Å².